The van der Waals surface area contributed by atoms with Gasteiger partial charge in [-0.15, -0.1) is 0 Å². The van der Waals surface area contributed by atoms with Crippen LogP contribution in [0.4, 0.5) is 0 Å². The molecule has 21 heavy (non-hydrogen) atoms. The van der Waals surface area contributed by atoms with Gasteiger partial charge in [-0.25, -0.2) is 0 Å². The molecular formula is C17H25N3O. The standard InChI is InChI=1S/C17H25N3O/c18-12-14(11-13-5-2-1-3-6-13)17(21)19-15-8-10-20-9-4-7-16(15)20/h1-3,5-6,14-16H,4,7-12,18H2,(H,19,21). The number of hydrogen-bond donors (Lipinski definition) is 2. The van der Waals surface area contributed by atoms with Gasteiger partial charge in [0.2, 0.25) is 5.91 Å². The summed E-state index contributed by atoms with van der Waals surface area (Å²) in [5.74, 6) is 0.00274. The molecule has 4 heteroatoms. The number of nitrogens with zero attached hydrogens (tertiary/aromatic N) is 1. The van der Waals surface area contributed by atoms with Crippen LogP contribution in [0.15, 0.2) is 30.3 Å². The first kappa shape index (κ1) is 14.5. The van der Waals surface area contributed by atoms with Gasteiger partial charge < -0.3 is 11.1 Å². The van der Waals surface area contributed by atoms with Crippen LogP contribution in [-0.2, 0) is 11.2 Å². The van der Waals surface area contributed by atoms with E-state index in [9.17, 15) is 4.79 Å². The summed E-state index contributed by atoms with van der Waals surface area (Å²) in [4.78, 5) is 15.0. The molecule has 0 aromatic heterocycles. The first-order valence-electron chi connectivity index (χ1n) is 8.06. The molecule has 0 radical (unpaired) electrons. The monoisotopic (exact) mass is 287 g/mol. The van der Waals surface area contributed by atoms with Crippen molar-refractivity contribution >= 4 is 5.91 Å². The lowest BCUT2D eigenvalue weighted by Crippen LogP contribution is -2.46. The normalized spacial score (nSPS) is 26.5. The van der Waals surface area contributed by atoms with E-state index in [1.807, 2.05) is 18.2 Å². The van der Waals surface area contributed by atoms with Gasteiger partial charge >= 0.3 is 0 Å². The quantitative estimate of drug-likeness (QED) is 0.854. The Labute approximate surface area is 126 Å². The van der Waals surface area contributed by atoms with Crippen LogP contribution in [0.5, 0.6) is 0 Å². The van der Waals surface area contributed by atoms with Crippen LogP contribution in [0.25, 0.3) is 0 Å². The van der Waals surface area contributed by atoms with E-state index in [2.05, 4.69) is 22.3 Å². The summed E-state index contributed by atoms with van der Waals surface area (Å²) in [6.07, 6.45) is 4.29. The third-order valence-electron chi connectivity index (χ3n) is 4.91. The second kappa shape index (κ2) is 6.58. The summed E-state index contributed by atoms with van der Waals surface area (Å²) < 4.78 is 0. The van der Waals surface area contributed by atoms with Crippen LogP contribution in [0.2, 0.25) is 0 Å². The van der Waals surface area contributed by atoms with Crippen LogP contribution in [-0.4, -0.2) is 42.5 Å². The number of nitrogens with two attached hydrogens (primary N) is 1. The fourth-order valence-corrected chi connectivity index (χ4v) is 3.73. The van der Waals surface area contributed by atoms with Gasteiger partial charge in [0, 0.05) is 25.2 Å². The summed E-state index contributed by atoms with van der Waals surface area (Å²) in [6.45, 7) is 2.73. The minimum atomic E-state index is -0.122. The van der Waals surface area contributed by atoms with Gasteiger partial charge in [-0.1, -0.05) is 30.3 Å². The van der Waals surface area contributed by atoms with Gasteiger partial charge in [0.1, 0.15) is 0 Å². The Bertz CT molecular complexity index is 476. The number of amides is 1. The van der Waals surface area contributed by atoms with Gasteiger partial charge in [-0.3, -0.25) is 9.69 Å². The lowest BCUT2D eigenvalue weighted by molar-refractivity contribution is -0.125. The number of nitrogens with one attached hydrogen (secondary N) is 1. The molecule has 2 fully saturated rings. The van der Waals surface area contributed by atoms with E-state index in [0.717, 1.165) is 19.4 Å². The van der Waals surface area contributed by atoms with Crippen molar-refractivity contribution in [2.45, 2.75) is 37.8 Å². The molecule has 3 N–H and O–H groups in total. The molecule has 1 amide bonds. The fraction of sp³-hybridized carbons (Fsp3) is 0.588. The first-order chi connectivity index (χ1) is 10.3. The second-order valence-electron chi connectivity index (χ2n) is 6.27. The van der Waals surface area contributed by atoms with E-state index >= 15 is 0 Å². The molecule has 2 heterocycles. The summed E-state index contributed by atoms with van der Waals surface area (Å²) in [6, 6.07) is 11.0. The predicted molar refractivity (Wildman–Crippen MR) is 83.8 cm³/mol. The number of rotatable bonds is 5. The van der Waals surface area contributed by atoms with Crippen LogP contribution in [0, 0.1) is 5.92 Å². The van der Waals surface area contributed by atoms with Gasteiger partial charge in [0.15, 0.2) is 0 Å². The third-order valence-corrected chi connectivity index (χ3v) is 4.91. The number of carbonyl (C=O) groups excluding carboxylic acids is 1. The molecule has 2 saturated heterocycles. The number of fused-ring (bicyclic) bond motifs is 1. The average molecular weight is 287 g/mol. The third kappa shape index (κ3) is 3.27. The van der Waals surface area contributed by atoms with E-state index in [1.165, 1.54) is 24.9 Å². The Morgan fingerprint density at radius 2 is 2.10 bits per heavy atom. The van der Waals surface area contributed by atoms with Crippen LogP contribution < -0.4 is 11.1 Å². The van der Waals surface area contributed by atoms with Crippen molar-refractivity contribution in [1.82, 2.24) is 10.2 Å². The van der Waals surface area contributed by atoms with Crippen molar-refractivity contribution in [1.29, 1.82) is 0 Å². The molecule has 0 spiro atoms. The lowest BCUT2D eigenvalue weighted by atomic mass is 9.97. The molecule has 0 aliphatic carbocycles. The van der Waals surface area contributed by atoms with Gasteiger partial charge in [0.05, 0.1) is 5.92 Å². The second-order valence-corrected chi connectivity index (χ2v) is 6.27. The van der Waals surface area contributed by atoms with Crippen molar-refractivity contribution in [3.8, 4) is 0 Å². The predicted octanol–water partition coefficient (Wildman–Crippen LogP) is 1.16. The highest BCUT2D eigenvalue weighted by Crippen LogP contribution is 2.28. The van der Waals surface area contributed by atoms with E-state index in [4.69, 9.17) is 5.73 Å². The topological polar surface area (TPSA) is 58.4 Å². The number of benzene rings is 1. The Hall–Kier alpha value is -1.39. The smallest absolute Gasteiger partial charge is 0.224 e. The maximum Gasteiger partial charge on any atom is 0.224 e. The molecule has 0 bridgehead atoms. The average Bonchev–Trinajstić information content (AvgIpc) is 3.11. The molecule has 1 aromatic rings. The zero-order chi connectivity index (χ0) is 14.7. The van der Waals surface area contributed by atoms with Crippen LogP contribution >= 0.6 is 0 Å². The molecule has 3 rings (SSSR count). The van der Waals surface area contributed by atoms with E-state index < -0.39 is 0 Å². The van der Waals surface area contributed by atoms with Crippen molar-refractivity contribution in [3.05, 3.63) is 35.9 Å². The Morgan fingerprint density at radius 1 is 1.29 bits per heavy atom. The van der Waals surface area contributed by atoms with E-state index in [-0.39, 0.29) is 11.8 Å². The number of hydrogen-bond acceptors (Lipinski definition) is 3. The highest BCUT2D eigenvalue weighted by atomic mass is 16.2. The van der Waals surface area contributed by atoms with Gasteiger partial charge in [-0.05, 0) is 37.8 Å². The lowest BCUT2D eigenvalue weighted by Gasteiger charge is -2.23. The molecule has 3 unspecified atom stereocenters. The highest BCUT2D eigenvalue weighted by molar-refractivity contribution is 5.79. The summed E-state index contributed by atoms with van der Waals surface area (Å²) in [7, 11) is 0. The molecular weight excluding hydrogens is 262 g/mol. The fourth-order valence-electron chi connectivity index (χ4n) is 3.73. The zero-order valence-corrected chi connectivity index (χ0v) is 12.5. The van der Waals surface area contributed by atoms with Gasteiger partial charge in [0.25, 0.3) is 0 Å². The Balaban J connectivity index is 1.58. The van der Waals surface area contributed by atoms with Crippen molar-refractivity contribution in [2.75, 3.05) is 19.6 Å². The van der Waals surface area contributed by atoms with E-state index in [0.29, 0.717) is 18.6 Å². The summed E-state index contributed by atoms with van der Waals surface area (Å²) in [5, 5.41) is 3.26. The van der Waals surface area contributed by atoms with Crippen molar-refractivity contribution < 1.29 is 4.79 Å². The van der Waals surface area contributed by atoms with Crippen molar-refractivity contribution in [3.63, 3.8) is 0 Å². The molecule has 4 nitrogen and oxygen atoms in total. The Kier molecular flexibility index (Phi) is 4.56. The molecule has 1 aromatic carbocycles. The largest absolute Gasteiger partial charge is 0.351 e. The molecule has 2 aliphatic rings. The minimum absolute atomic E-state index is 0.122. The molecule has 114 valence electrons. The zero-order valence-electron chi connectivity index (χ0n) is 12.5. The number of carbonyl (C=O) groups is 1. The maximum absolute atomic E-state index is 12.5. The SMILES string of the molecule is NCC(Cc1ccccc1)C(=O)NC1CCN2CCCC12. The highest BCUT2D eigenvalue weighted by Gasteiger charge is 2.38. The molecule has 2 aliphatic heterocycles. The van der Waals surface area contributed by atoms with Gasteiger partial charge in [-0.2, -0.15) is 0 Å². The van der Waals surface area contributed by atoms with Crippen molar-refractivity contribution in [2.24, 2.45) is 11.7 Å². The molecule has 0 saturated carbocycles. The van der Waals surface area contributed by atoms with Crippen LogP contribution in [0.1, 0.15) is 24.8 Å². The summed E-state index contributed by atoms with van der Waals surface area (Å²) >= 11 is 0. The maximum atomic E-state index is 12.5. The van der Waals surface area contributed by atoms with Crippen LogP contribution in [0.3, 0.4) is 0 Å². The Morgan fingerprint density at radius 3 is 2.86 bits per heavy atom. The minimum Gasteiger partial charge on any atom is -0.351 e. The molecule has 3 atom stereocenters. The summed E-state index contributed by atoms with van der Waals surface area (Å²) in [5.41, 5.74) is 7.01. The van der Waals surface area contributed by atoms with E-state index in [1.54, 1.807) is 0 Å². The first-order valence-corrected chi connectivity index (χ1v) is 8.06.